The molecule has 4 N–H and O–H groups in total. The van der Waals surface area contributed by atoms with Crippen molar-refractivity contribution in [3.63, 3.8) is 0 Å². The second kappa shape index (κ2) is 4.78. The highest BCUT2D eigenvalue weighted by Crippen LogP contribution is 2.08. The van der Waals surface area contributed by atoms with Crippen LogP contribution in [0.4, 0.5) is 0 Å². The van der Waals surface area contributed by atoms with Gasteiger partial charge in [0.2, 0.25) is 5.91 Å². The molecular formula is C7H9N3OS2. The first-order valence-electron chi connectivity index (χ1n) is 3.55. The molecule has 6 heteroatoms. The van der Waals surface area contributed by atoms with E-state index >= 15 is 0 Å². The zero-order chi connectivity index (χ0) is 9.68. The van der Waals surface area contributed by atoms with Crippen LogP contribution in [0.15, 0.2) is 17.5 Å². The number of nitrogens with one attached hydrogen (secondary N) is 2. The summed E-state index contributed by atoms with van der Waals surface area (Å²) in [6.07, 6.45) is 0.341. The lowest BCUT2D eigenvalue weighted by Crippen LogP contribution is -2.44. The van der Waals surface area contributed by atoms with E-state index in [9.17, 15) is 4.79 Å². The Hall–Kier alpha value is -1.14. The Bertz CT molecular complexity index is 297. The van der Waals surface area contributed by atoms with Crippen molar-refractivity contribution in [3.8, 4) is 0 Å². The Morgan fingerprint density at radius 2 is 2.38 bits per heavy atom. The van der Waals surface area contributed by atoms with Gasteiger partial charge in [-0.1, -0.05) is 6.07 Å². The van der Waals surface area contributed by atoms with Gasteiger partial charge in [-0.05, 0) is 23.7 Å². The summed E-state index contributed by atoms with van der Waals surface area (Å²) in [7, 11) is 0. The lowest BCUT2D eigenvalue weighted by Gasteiger charge is -2.04. The predicted molar refractivity (Wildman–Crippen MR) is 56.1 cm³/mol. The summed E-state index contributed by atoms with van der Waals surface area (Å²) in [5.74, 6) is -0.157. The number of thiocarbonyl (C=S) groups is 1. The molecule has 0 fully saturated rings. The molecule has 1 amide bonds. The van der Waals surface area contributed by atoms with Crippen molar-refractivity contribution in [1.82, 2.24) is 10.9 Å². The van der Waals surface area contributed by atoms with E-state index in [0.717, 1.165) is 4.88 Å². The quantitative estimate of drug-likeness (QED) is 0.485. The van der Waals surface area contributed by atoms with Crippen LogP contribution in [0.2, 0.25) is 0 Å². The molecule has 1 aromatic heterocycles. The van der Waals surface area contributed by atoms with Crippen molar-refractivity contribution >= 4 is 34.6 Å². The molecule has 1 heterocycles. The average Bonchev–Trinajstić information content (AvgIpc) is 2.53. The van der Waals surface area contributed by atoms with Gasteiger partial charge < -0.3 is 5.73 Å². The van der Waals surface area contributed by atoms with E-state index in [1.54, 1.807) is 0 Å². The summed E-state index contributed by atoms with van der Waals surface area (Å²) in [5.41, 5.74) is 9.87. The second-order valence-corrected chi connectivity index (χ2v) is 3.77. The lowest BCUT2D eigenvalue weighted by atomic mass is 10.3. The molecule has 0 saturated heterocycles. The van der Waals surface area contributed by atoms with E-state index in [1.165, 1.54) is 11.3 Å². The SMILES string of the molecule is NC(=S)NNC(=O)Cc1cccs1. The third-order valence-electron chi connectivity index (χ3n) is 1.24. The maximum absolute atomic E-state index is 11.1. The van der Waals surface area contributed by atoms with Crippen LogP contribution in [0.5, 0.6) is 0 Å². The van der Waals surface area contributed by atoms with Crippen LogP contribution in [0.3, 0.4) is 0 Å². The number of hydrogen-bond acceptors (Lipinski definition) is 3. The van der Waals surface area contributed by atoms with E-state index in [0.29, 0.717) is 6.42 Å². The summed E-state index contributed by atoms with van der Waals surface area (Å²) in [5, 5.41) is 1.98. The first-order chi connectivity index (χ1) is 6.18. The van der Waals surface area contributed by atoms with Crippen molar-refractivity contribution < 1.29 is 4.79 Å². The second-order valence-electron chi connectivity index (χ2n) is 2.29. The van der Waals surface area contributed by atoms with Gasteiger partial charge >= 0.3 is 0 Å². The minimum Gasteiger partial charge on any atom is -0.375 e. The van der Waals surface area contributed by atoms with Crippen LogP contribution < -0.4 is 16.6 Å². The van der Waals surface area contributed by atoms with Crippen molar-refractivity contribution in [2.75, 3.05) is 0 Å². The number of carbonyl (C=O) groups excluding carboxylic acids is 1. The zero-order valence-electron chi connectivity index (χ0n) is 6.74. The summed E-state index contributed by atoms with van der Waals surface area (Å²) in [4.78, 5) is 12.1. The van der Waals surface area contributed by atoms with Gasteiger partial charge in [0, 0.05) is 4.88 Å². The van der Waals surface area contributed by atoms with Gasteiger partial charge in [-0.25, -0.2) is 0 Å². The molecular weight excluding hydrogens is 206 g/mol. The Morgan fingerprint density at radius 1 is 1.62 bits per heavy atom. The van der Waals surface area contributed by atoms with Gasteiger partial charge in [-0.2, -0.15) is 0 Å². The molecule has 0 aliphatic heterocycles. The molecule has 0 aliphatic rings. The third kappa shape index (κ3) is 3.86. The normalized spacial score (nSPS) is 9.23. The fourth-order valence-corrected chi connectivity index (χ4v) is 1.50. The molecule has 70 valence electrons. The molecule has 0 radical (unpaired) electrons. The van der Waals surface area contributed by atoms with Crippen LogP contribution in [0.1, 0.15) is 4.88 Å². The van der Waals surface area contributed by atoms with Gasteiger partial charge in [0.15, 0.2) is 5.11 Å². The van der Waals surface area contributed by atoms with Crippen LogP contribution in [-0.2, 0) is 11.2 Å². The zero-order valence-corrected chi connectivity index (χ0v) is 8.37. The van der Waals surface area contributed by atoms with Gasteiger partial charge in [0.05, 0.1) is 6.42 Å². The van der Waals surface area contributed by atoms with Crippen LogP contribution in [0.25, 0.3) is 0 Å². The number of hydrogen-bond donors (Lipinski definition) is 3. The maximum atomic E-state index is 11.1. The summed E-state index contributed by atoms with van der Waals surface area (Å²) >= 11 is 6.05. The topological polar surface area (TPSA) is 67.2 Å². The third-order valence-corrected chi connectivity index (χ3v) is 2.22. The van der Waals surface area contributed by atoms with E-state index in [4.69, 9.17) is 5.73 Å². The summed E-state index contributed by atoms with van der Waals surface area (Å²) in [6, 6.07) is 3.79. The Morgan fingerprint density at radius 3 is 2.92 bits per heavy atom. The molecule has 4 nitrogen and oxygen atoms in total. The highest BCUT2D eigenvalue weighted by molar-refractivity contribution is 7.80. The van der Waals surface area contributed by atoms with Gasteiger partial charge in [0.1, 0.15) is 0 Å². The number of amides is 1. The predicted octanol–water partition coefficient (Wildman–Crippen LogP) is 0.155. The largest absolute Gasteiger partial charge is 0.375 e. The monoisotopic (exact) mass is 215 g/mol. The Balaban J connectivity index is 2.30. The molecule has 0 unspecified atom stereocenters. The summed E-state index contributed by atoms with van der Waals surface area (Å²) in [6.45, 7) is 0. The van der Waals surface area contributed by atoms with Gasteiger partial charge in [0.25, 0.3) is 0 Å². The molecule has 0 bridgehead atoms. The minimum absolute atomic E-state index is 0.0551. The summed E-state index contributed by atoms with van der Waals surface area (Å²) < 4.78 is 0. The first-order valence-corrected chi connectivity index (χ1v) is 4.84. The highest BCUT2D eigenvalue weighted by atomic mass is 32.1. The molecule has 1 rings (SSSR count). The molecule has 1 aromatic rings. The van der Waals surface area contributed by atoms with Crippen molar-refractivity contribution in [2.24, 2.45) is 5.73 Å². The number of thiophene rings is 1. The highest BCUT2D eigenvalue weighted by Gasteiger charge is 2.02. The Kier molecular flexibility index (Phi) is 3.66. The Labute approximate surface area is 85.1 Å². The fourth-order valence-electron chi connectivity index (χ4n) is 0.747. The van der Waals surface area contributed by atoms with Crippen LogP contribution in [0, 0.1) is 0 Å². The number of carbonyl (C=O) groups is 1. The average molecular weight is 215 g/mol. The van der Waals surface area contributed by atoms with E-state index in [-0.39, 0.29) is 11.0 Å². The van der Waals surface area contributed by atoms with E-state index in [1.807, 2.05) is 17.5 Å². The van der Waals surface area contributed by atoms with Crippen molar-refractivity contribution in [2.45, 2.75) is 6.42 Å². The van der Waals surface area contributed by atoms with Crippen molar-refractivity contribution in [1.29, 1.82) is 0 Å². The van der Waals surface area contributed by atoms with Crippen molar-refractivity contribution in [3.05, 3.63) is 22.4 Å². The molecule has 0 atom stereocenters. The lowest BCUT2D eigenvalue weighted by molar-refractivity contribution is -0.120. The maximum Gasteiger partial charge on any atom is 0.243 e. The minimum atomic E-state index is -0.157. The molecule has 0 saturated carbocycles. The van der Waals surface area contributed by atoms with Crippen LogP contribution in [-0.4, -0.2) is 11.0 Å². The molecule has 13 heavy (non-hydrogen) atoms. The number of nitrogens with two attached hydrogens (primary N) is 1. The molecule has 0 aliphatic carbocycles. The first kappa shape index (κ1) is 9.94. The fraction of sp³-hybridized carbons (Fsp3) is 0.143. The number of hydrazine groups is 1. The smallest absolute Gasteiger partial charge is 0.243 e. The number of rotatable bonds is 2. The van der Waals surface area contributed by atoms with Gasteiger partial charge in [-0.15, -0.1) is 11.3 Å². The molecule has 0 aromatic carbocycles. The standard InChI is InChI=1S/C7H9N3OS2/c8-7(12)10-9-6(11)4-5-2-1-3-13-5/h1-3H,4H2,(H,9,11)(H3,8,10,12). The van der Waals surface area contributed by atoms with Gasteiger partial charge in [-0.3, -0.25) is 15.6 Å². The van der Waals surface area contributed by atoms with E-state index in [2.05, 4.69) is 23.1 Å². The molecule has 0 spiro atoms. The van der Waals surface area contributed by atoms with E-state index < -0.39 is 0 Å². The van der Waals surface area contributed by atoms with Crippen LogP contribution >= 0.6 is 23.6 Å².